The van der Waals surface area contributed by atoms with Crippen molar-refractivity contribution in [3.8, 4) is 0 Å². The highest BCUT2D eigenvalue weighted by Gasteiger charge is 2.30. The highest BCUT2D eigenvalue weighted by Crippen LogP contribution is 2.28. The lowest BCUT2D eigenvalue weighted by molar-refractivity contribution is 0.0822. The van der Waals surface area contributed by atoms with E-state index in [1.807, 2.05) is 0 Å². The van der Waals surface area contributed by atoms with Crippen LogP contribution in [0.1, 0.15) is 39.5 Å². The van der Waals surface area contributed by atoms with Gasteiger partial charge in [-0.05, 0) is 58.3 Å². The summed E-state index contributed by atoms with van der Waals surface area (Å²) in [6, 6.07) is 0.730. The smallest absolute Gasteiger partial charge is 0.0217 e. The zero-order chi connectivity index (χ0) is 12.9. The summed E-state index contributed by atoms with van der Waals surface area (Å²) in [6.07, 6.45) is 5.07. The Morgan fingerprint density at radius 1 is 1.29 bits per heavy atom. The molecule has 0 aromatic carbocycles. The summed E-state index contributed by atoms with van der Waals surface area (Å²) in [5, 5.41) is 0. The van der Waals surface area contributed by atoms with Crippen molar-refractivity contribution < 1.29 is 0 Å². The summed E-state index contributed by atoms with van der Waals surface area (Å²) < 4.78 is 0. The maximum atomic E-state index is 6.00. The molecule has 0 bridgehead atoms. The molecule has 1 atom stereocenters. The van der Waals surface area contributed by atoms with Crippen LogP contribution in [0.2, 0.25) is 0 Å². The van der Waals surface area contributed by atoms with Crippen LogP contribution in [0.3, 0.4) is 0 Å². The Kier molecular flexibility index (Phi) is 5.90. The number of piperidine rings is 1. The minimum absolute atomic E-state index is 0.341. The molecule has 1 saturated heterocycles. The predicted molar refractivity (Wildman–Crippen MR) is 75.2 cm³/mol. The van der Waals surface area contributed by atoms with Crippen LogP contribution in [0, 0.1) is 5.41 Å². The topological polar surface area (TPSA) is 32.5 Å². The van der Waals surface area contributed by atoms with E-state index in [0.29, 0.717) is 5.41 Å². The first-order valence-corrected chi connectivity index (χ1v) is 7.15. The first-order chi connectivity index (χ1) is 8.06. The zero-order valence-electron chi connectivity index (χ0n) is 12.2. The molecule has 3 heteroatoms. The van der Waals surface area contributed by atoms with Gasteiger partial charge in [0, 0.05) is 19.1 Å². The number of hydrogen-bond donors (Lipinski definition) is 1. The van der Waals surface area contributed by atoms with Crippen LogP contribution >= 0.6 is 0 Å². The van der Waals surface area contributed by atoms with Gasteiger partial charge in [-0.25, -0.2) is 0 Å². The fourth-order valence-corrected chi connectivity index (χ4v) is 2.90. The summed E-state index contributed by atoms with van der Waals surface area (Å²) in [6.45, 7) is 9.04. The normalized spacial score (nSPS) is 23.3. The number of likely N-dealkylation sites (tertiary alicyclic amines) is 1. The van der Waals surface area contributed by atoms with Gasteiger partial charge in [0.15, 0.2) is 0 Å². The van der Waals surface area contributed by atoms with Crippen molar-refractivity contribution in [2.45, 2.75) is 45.6 Å². The van der Waals surface area contributed by atoms with Gasteiger partial charge in [-0.1, -0.05) is 13.8 Å². The molecule has 0 radical (unpaired) electrons. The molecule has 0 amide bonds. The fraction of sp³-hybridized carbons (Fsp3) is 1.00. The van der Waals surface area contributed by atoms with Gasteiger partial charge < -0.3 is 15.5 Å². The number of nitrogens with zero attached hydrogens (tertiary/aromatic N) is 2. The minimum atomic E-state index is 0.341. The maximum absolute atomic E-state index is 6.00. The molecule has 0 spiro atoms. The summed E-state index contributed by atoms with van der Waals surface area (Å²) in [5.74, 6) is 0. The molecule has 1 heterocycles. The molecule has 3 nitrogen and oxygen atoms in total. The lowest BCUT2D eigenvalue weighted by Gasteiger charge is -2.41. The van der Waals surface area contributed by atoms with E-state index in [2.05, 4.69) is 37.7 Å². The highest BCUT2D eigenvalue weighted by molar-refractivity contribution is 4.85. The molecular weight excluding hydrogens is 210 g/mol. The molecule has 1 aliphatic rings. The van der Waals surface area contributed by atoms with E-state index >= 15 is 0 Å². The van der Waals surface area contributed by atoms with Gasteiger partial charge in [0.25, 0.3) is 0 Å². The number of likely N-dealkylation sites (N-methyl/N-ethyl adjacent to an activating group) is 1. The standard InChI is InChI=1S/C14H31N3/c1-5-14(6-2,11-15)12-17-9-7-8-13(10-17)16(3)4/h13H,5-12,15H2,1-4H3. The molecular formula is C14H31N3. The first kappa shape index (κ1) is 14.9. The quantitative estimate of drug-likeness (QED) is 0.769. The largest absolute Gasteiger partial charge is 0.330 e. The molecule has 1 fully saturated rings. The van der Waals surface area contributed by atoms with Crippen molar-refractivity contribution >= 4 is 0 Å². The lowest BCUT2D eigenvalue weighted by Crippen LogP contribution is -2.50. The Balaban J connectivity index is 2.55. The van der Waals surface area contributed by atoms with Crippen LogP contribution in [0.15, 0.2) is 0 Å². The molecule has 0 aromatic heterocycles. The second kappa shape index (κ2) is 6.72. The van der Waals surface area contributed by atoms with Crippen LogP contribution < -0.4 is 5.73 Å². The second-order valence-electron chi connectivity index (χ2n) is 5.91. The molecule has 102 valence electrons. The Hall–Kier alpha value is -0.120. The summed E-state index contributed by atoms with van der Waals surface area (Å²) in [4.78, 5) is 5.00. The van der Waals surface area contributed by atoms with Gasteiger partial charge in [-0.2, -0.15) is 0 Å². The van der Waals surface area contributed by atoms with Crippen molar-refractivity contribution in [1.82, 2.24) is 9.80 Å². The van der Waals surface area contributed by atoms with E-state index < -0.39 is 0 Å². The van der Waals surface area contributed by atoms with Gasteiger partial charge >= 0.3 is 0 Å². The van der Waals surface area contributed by atoms with Crippen LogP contribution in [-0.4, -0.2) is 56.1 Å². The van der Waals surface area contributed by atoms with Crippen LogP contribution in [0.5, 0.6) is 0 Å². The summed E-state index contributed by atoms with van der Waals surface area (Å²) >= 11 is 0. The Labute approximate surface area is 107 Å². The third-order valence-corrected chi connectivity index (χ3v) is 4.70. The van der Waals surface area contributed by atoms with Crippen molar-refractivity contribution in [2.75, 3.05) is 40.3 Å². The van der Waals surface area contributed by atoms with Gasteiger partial charge in [0.2, 0.25) is 0 Å². The molecule has 17 heavy (non-hydrogen) atoms. The molecule has 0 aliphatic carbocycles. The molecule has 1 unspecified atom stereocenters. The van der Waals surface area contributed by atoms with E-state index in [4.69, 9.17) is 5.73 Å². The van der Waals surface area contributed by atoms with E-state index in [1.54, 1.807) is 0 Å². The van der Waals surface area contributed by atoms with E-state index in [9.17, 15) is 0 Å². The van der Waals surface area contributed by atoms with Crippen molar-refractivity contribution in [1.29, 1.82) is 0 Å². The number of hydrogen-bond acceptors (Lipinski definition) is 3. The molecule has 1 rings (SSSR count). The minimum Gasteiger partial charge on any atom is -0.330 e. The zero-order valence-corrected chi connectivity index (χ0v) is 12.2. The fourth-order valence-electron chi connectivity index (χ4n) is 2.90. The summed E-state index contributed by atoms with van der Waals surface area (Å²) in [5.41, 5.74) is 6.34. The third-order valence-electron chi connectivity index (χ3n) is 4.70. The van der Waals surface area contributed by atoms with Crippen LogP contribution in [0.4, 0.5) is 0 Å². The van der Waals surface area contributed by atoms with Crippen molar-refractivity contribution in [3.05, 3.63) is 0 Å². The monoisotopic (exact) mass is 241 g/mol. The number of nitrogens with two attached hydrogens (primary N) is 1. The van der Waals surface area contributed by atoms with Crippen LogP contribution in [-0.2, 0) is 0 Å². The molecule has 0 aromatic rings. The van der Waals surface area contributed by atoms with Gasteiger partial charge in [-0.15, -0.1) is 0 Å². The number of rotatable bonds is 6. The third kappa shape index (κ3) is 3.94. The van der Waals surface area contributed by atoms with Crippen LogP contribution in [0.25, 0.3) is 0 Å². The van der Waals surface area contributed by atoms with E-state index in [0.717, 1.165) is 12.6 Å². The van der Waals surface area contributed by atoms with Gasteiger partial charge in [-0.3, -0.25) is 0 Å². The maximum Gasteiger partial charge on any atom is 0.0217 e. The van der Waals surface area contributed by atoms with E-state index in [1.165, 1.54) is 45.3 Å². The SMILES string of the molecule is CCC(CC)(CN)CN1CCCC(N(C)C)C1. The van der Waals surface area contributed by atoms with Crippen molar-refractivity contribution in [3.63, 3.8) is 0 Å². The van der Waals surface area contributed by atoms with Gasteiger partial charge in [0.1, 0.15) is 0 Å². The molecule has 2 N–H and O–H groups in total. The second-order valence-corrected chi connectivity index (χ2v) is 5.91. The molecule has 0 saturated carbocycles. The predicted octanol–water partition coefficient (Wildman–Crippen LogP) is 1.78. The lowest BCUT2D eigenvalue weighted by atomic mass is 9.81. The van der Waals surface area contributed by atoms with E-state index in [-0.39, 0.29) is 0 Å². The Morgan fingerprint density at radius 2 is 1.94 bits per heavy atom. The average molecular weight is 241 g/mol. The van der Waals surface area contributed by atoms with Crippen molar-refractivity contribution in [2.24, 2.45) is 11.1 Å². The highest BCUT2D eigenvalue weighted by atomic mass is 15.2. The van der Waals surface area contributed by atoms with Gasteiger partial charge in [0.05, 0.1) is 0 Å². The molecule has 1 aliphatic heterocycles. The Bertz CT molecular complexity index is 203. The average Bonchev–Trinajstić information content (AvgIpc) is 2.36. The first-order valence-electron chi connectivity index (χ1n) is 7.15. The Morgan fingerprint density at radius 3 is 2.41 bits per heavy atom. The summed E-state index contributed by atoms with van der Waals surface area (Å²) in [7, 11) is 4.40.